The summed E-state index contributed by atoms with van der Waals surface area (Å²) in [7, 11) is -5.15. The second-order valence-corrected chi connectivity index (χ2v) is 10.4. The molecule has 0 aromatic heterocycles. The van der Waals surface area contributed by atoms with Crippen molar-refractivity contribution in [1.29, 1.82) is 0 Å². The van der Waals surface area contributed by atoms with Crippen LogP contribution in [-0.2, 0) is 32.6 Å². The van der Waals surface area contributed by atoms with Gasteiger partial charge in [-0.1, -0.05) is 6.07 Å². The molecule has 0 radical (unpaired) electrons. The Labute approximate surface area is 161 Å². The van der Waals surface area contributed by atoms with Gasteiger partial charge in [-0.25, -0.2) is 21.1 Å². The minimum atomic E-state index is -4.66. The van der Waals surface area contributed by atoms with Gasteiger partial charge >= 0.3 is 6.18 Å². The predicted molar refractivity (Wildman–Crippen MR) is 97.0 cm³/mol. The van der Waals surface area contributed by atoms with Crippen LogP contribution in [0.2, 0.25) is 0 Å². The molecular weight excluding hydrogens is 417 g/mol. The van der Waals surface area contributed by atoms with Crippen LogP contribution in [0, 0.1) is 0 Å². The average Bonchev–Trinajstić information content (AvgIpc) is 3.05. The van der Waals surface area contributed by atoms with Gasteiger partial charge in [0, 0.05) is 20.6 Å². The van der Waals surface area contributed by atoms with Crippen LogP contribution < -0.4 is 4.31 Å². The summed E-state index contributed by atoms with van der Waals surface area (Å²) in [6, 6.07) is 7.59. The van der Waals surface area contributed by atoms with E-state index in [0.717, 1.165) is 26.8 Å². The summed E-state index contributed by atoms with van der Waals surface area (Å²) in [4.78, 5) is -0.449. The molecule has 1 aliphatic heterocycles. The molecule has 1 aliphatic rings. The molecule has 0 N–H and O–H groups in total. The normalized spacial score (nSPS) is 15.1. The van der Waals surface area contributed by atoms with E-state index >= 15 is 0 Å². The first-order valence-corrected chi connectivity index (χ1v) is 11.0. The Morgan fingerprint density at radius 2 is 1.64 bits per heavy atom. The summed E-state index contributed by atoms with van der Waals surface area (Å²) in [6.07, 6.45) is -4.41. The number of fused-ring (bicyclic) bond motifs is 1. The third-order valence-electron chi connectivity index (χ3n) is 4.43. The molecule has 0 atom stereocenters. The maximum absolute atomic E-state index is 12.9. The van der Waals surface area contributed by atoms with Gasteiger partial charge in [-0.15, -0.1) is 0 Å². The summed E-state index contributed by atoms with van der Waals surface area (Å²) < 4.78 is 91.1. The Morgan fingerprint density at radius 3 is 2.25 bits per heavy atom. The van der Waals surface area contributed by atoms with Gasteiger partial charge in [-0.05, 0) is 48.4 Å². The lowest BCUT2D eigenvalue weighted by Crippen LogP contribution is -2.29. The lowest BCUT2D eigenvalue weighted by molar-refractivity contribution is -0.137. The lowest BCUT2D eigenvalue weighted by Gasteiger charge is -2.20. The topological polar surface area (TPSA) is 74.8 Å². The van der Waals surface area contributed by atoms with Crippen LogP contribution in [-0.4, -0.2) is 41.8 Å². The van der Waals surface area contributed by atoms with Crippen molar-refractivity contribution in [2.45, 2.75) is 22.4 Å². The van der Waals surface area contributed by atoms with Gasteiger partial charge in [0.2, 0.25) is 10.0 Å². The second kappa shape index (κ2) is 6.75. The Bertz CT molecular complexity index is 1130. The molecule has 28 heavy (non-hydrogen) atoms. The van der Waals surface area contributed by atoms with Crippen LogP contribution in [0.15, 0.2) is 52.3 Å². The summed E-state index contributed by atoms with van der Waals surface area (Å²) in [5, 5.41) is 0. The van der Waals surface area contributed by atoms with E-state index in [2.05, 4.69) is 0 Å². The lowest BCUT2D eigenvalue weighted by atomic mass is 10.2. The van der Waals surface area contributed by atoms with Crippen molar-refractivity contribution in [1.82, 2.24) is 4.31 Å². The largest absolute Gasteiger partial charge is 0.416 e. The third kappa shape index (κ3) is 3.49. The smallest absolute Gasteiger partial charge is 0.266 e. The molecule has 0 saturated carbocycles. The number of halogens is 3. The third-order valence-corrected chi connectivity index (χ3v) is 8.05. The van der Waals surface area contributed by atoms with Gasteiger partial charge in [0.05, 0.1) is 21.0 Å². The number of nitrogens with zero attached hydrogens (tertiary/aromatic N) is 2. The fraction of sp³-hybridized carbons (Fsp3) is 0.294. The molecule has 152 valence electrons. The van der Waals surface area contributed by atoms with Crippen molar-refractivity contribution >= 4 is 25.7 Å². The highest BCUT2D eigenvalue weighted by Crippen LogP contribution is 2.36. The maximum Gasteiger partial charge on any atom is 0.416 e. The number of anilines is 1. The molecule has 1 heterocycles. The Hall–Kier alpha value is -2.11. The molecule has 0 saturated heterocycles. The molecule has 0 bridgehead atoms. The first-order valence-electron chi connectivity index (χ1n) is 8.10. The van der Waals surface area contributed by atoms with Crippen molar-refractivity contribution in [3.8, 4) is 0 Å². The number of rotatable bonds is 4. The van der Waals surface area contributed by atoms with Crippen molar-refractivity contribution in [3.05, 3.63) is 53.6 Å². The fourth-order valence-electron chi connectivity index (χ4n) is 2.93. The minimum absolute atomic E-state index is 0.0133. The Morgan fingerprint density at radius 1 is 0.964 bits per heavy atom. The molecule has 3 rings (SSSR count). The van der Waals surface area contributed by atoms with Crippen molar-refractivity contribution in [3.63, 3.8) is 0 Å². The van der Waals surface area contributed by atoms with Crippen LogP contribution in [0.1, 0.15) is 11.1 Å². The van der Waals surface area contributed by atoms with Crippen LogP contribution in [0.25, 0.3) is 0 Å². The van der Waals surface area contributed by atoms with Gasteiger partial charge in [0.25, 0.3) is 10.0 Å². The van der Waals surface area contributed by atoms with E-state index in [1.54, 1.807) is 0 Å². The van der Waals surface area contributed by atoms with Crippen molar-refractivity contribution in [2.75, 3.05) is 24.9 Å². The van der Waals surface area contributed by atoms with E-state index in [4.69, 9.17) is 0 Å². The monoisotopic (exact) mass is 434 g/mol. The number of alkyl halides is 3. The zero-order valence-electron chi connectivity index (χ0n) is 14.9. The van der Waals surface area contributed by atoms with E-state index in [1.165, 1.54) is 32.3 Å². The van der Waals surface area contributed by atoms with E-state index < -0.39 is 36.7 Å². The molecule has 2 aromatic carbocycles. The first-order chi connectivity index (χ1) is 12.8. The van der Waals surface area contributed by atoms with Crippen LogP contribution in [0.5, 0.6) is 0 Å². The summed E-state index contributed by atoms with van der Waals surface area (Å²) in [6.45, 7) is 0.0133. The molecule has 0 fully saturated rings. The van der Waals surface area contributed by atoms with E-state index in [0.29, 0.717) is 11.6 Å². The highest BCUT2D eigenvalue weighted by Gasteiger charge is 2.35. The number of hydrogen-bond donors (Lipinski definition) is 0. The summed E-state index contributed by atoms with van der Waals surface area (Å²) in [5.41, 5.74) is -0.297. The molecule has 0 unspecified atom stereocenters. The van der Waals surface area contributed by atoms with E-state index in [1.807, 2.05) is 0 Å². The number of sulfonamides is 2. The number of hydrogen-bond acceptors (Lipinski definition) is 4. The van der Waals surface area contributed by atoms with Crippen LogP contribution >= 0.6 is 0 Å². The molecule has 2 aromatic rings. The summed E-state index contributed by atoms with van der Waals surface area (Å²) in [5.74, 6) is 0. The Balaban J connectivity index is 2.02. The van der Waals surface area contributed by atoms with E-state index in [9.17, 15) is 30.0 Å². The zero-order chi connectivity index (χ0) is 20.9. The minimum Gasteiger partial charge on any atom is -0.266 e. The van der Waals surface area contributed by atoms with Gasteiger partial charge < -0.3 is 0 Å². The van der Waals surface area contributed by atoms with Gasteiger partial charge in [0.15, 0.2) is 0 Å². The Kier molecular flexibility index (Phi) is 4.97. The quantitative estimate of drug-likeness (QED) is 0.742. The number of benzene rings is 2. The van der Waals surface area contributed by atoms with Gasteiger partial charge in [-0.3, -0.25) is 4.31 Å². The maximum atomic E-state index is 12.9. The molecule has 6 nitrogen and oxygen atoms in total. The zero-order valence-corrected chi connectivity index (χ0v) is 16.6. The van der Waals surface area contributed by atoms with Crippen LogP contribution in [0.3, 0.4) is 0 Å². The second-order valence-electron chi connectivity index (χ2n) is 6.43. The standard InChI is InChI=1S/C17H17F3N2O4S2/c1-21(2)27(23,24)15-6-7-16-12(10-15)8-9-22(16)28(25,26)14-5-3-4-13(11-14)17(18,19)20/h3-7,10-11H,8-9H2,1-2H3. The first kappa shape index (κ1) is 20.6. The molecular formula is C17H17F3N2O4S2. The molecule has 0 spiro atoms. The van der Waals surface area contributed by atoms with Gasteiger partial charge in [-0.2, -0.15) is 13.2 Å². The highest BCUT2D eigenvalue weighted by molar-refractivity contribution is 7.92. The van der Waals surface area contributed by atoms with Crippen LogP contribution in [0.4, 0.5) is 18.9 Å². The van der Waals surface area contributed by atoms with E-state index in [-0.39, 0.29) is 23.5 Å². The highest BCUT2D eigenvalue weighted by atomic mass is 32.2. The summed E-state index contributed by atoms with van der Waals surface area (Å²) >= 11 is 0. The molecule has 0 aliphatic carbocycles. The molecule has 11 heteroatoms. The van der Waals surface area contributed by atoms with Gasteiger partial charge in [0.1, 0.15) is 0 Å². The van der Waals surface area contributed by atoms with Crippen molar-refractivity contribution < 1.29 is 30.0 Å². The SMILES string of the molecule is CN(C)S(=O)(=O)c1ccc2c(c1)CCN2S(=O)(=O)c1cccc(C(F)(F)F)c1. The predicted octanol–water partition coefficient (Wildman–Crippen LogP) is 2.71. The molecule has 0 amide bonds. The fourth-order valence-corrected chi connectivity index (χ4v) is 5.43. The van der Waals surface area contributed by atoms with Crippen molar-refractivity contribution in [2.24, 2.45) is 0 Å². The average molecular weight is 434 g/mol.